The summed E-state index contributed by atoms with van der Waals surface area (Å²) in [5.74, 6) is 0. The zero-order valence-electron chi connectivity index (χ0n) is 6.37. The topological polar surface area (TPSA) is 61.8 Å². The largest absolute Gasteiger partial charge is 0.341 e. The van der Waals surface area contributed by atoms with E-state index in [1.165, 1.54) is 6.92 Å². The molecule has 1 atom stereocenters. The molecule has 0 rings (SSSR count). The normalized spacial score (nSPS) is 11.9. The van der Waals surface area contributed by atoms with Crippen molar-refractivity contribution in [1.29, 1.82) is 0 Å². The van der Waals surface area contributed by atoms with Gasteiger partial charge in [0.1, 0.15) is 5.50 Å². The maximum absolute atomic E-state index is 10.9. The molecule has 64 valence electrons. The van der Waals surface area contributed by atoms with Crippen LogP contribution < -0.4 is 5.32 Å². The number of nitroso groups, excluding NO2 is 1. The lowest BCUT2D eigenvalue weighted by atomic mass is 10.6. The molecular formula is C5H10ClN3O2. The Bertz CT molecular complexity index is 151. The van der Waals surface area contributed by atoms with Crippen LogP contribution in [0.2, 0.25) is 0 Å². The van der Waals surface area contributed by atoms with E-state index < -0.39 is 11.5 Å². The molecule has 5 nitrogen and oxygen atoms in total. The summed E-state index contributed by atoms with van der Waals surface area (Å²) in [7, 11) is 0. The van der Waals surface area contributed by atoms with Crippen molar-refractivity contribution in [2.24, 2.45) is 5.29 Å². The van der Waals surface area contributed by atoms with Gasteiger partial charge in [0.2, 0.25) is 0 Å². The Balaban J connectivity index is 4.03. The maximum atomic E-state index is 10.9. The summed E-state index contributed by atoms with van der Waals surface area (Å²) in [6.45, 7) is 3.66. The number of alkyl halides is 1. The fraction of sp³-hybridized carbons (Fsp3) is 0.800. The summed E-state index contributed by atoms with van der Waals surface area (Å²) in [6, 6.07) is -0.579. The molecule has 1 unspecified atom stereocenters. The first-order chi connectivity index (χ1) is 5.13. The molecule has 0 radical (unpaired) electrons. The number of halogens is 1. The summed E-state index contributed by atoms with van der Waals surface area (Å²) in [5.41, 5.74) is -0.723. The van der Waals surface area contributed by atoms with Gasteiger partial charge in [0.15, 0.2) is 0 Å². The van der Waals surface area contributed by atoms with Gasteiger partial charge in [-0.05, 0) is 13.8 Å². The third-order valence-corrected chi connectivity index (χ3v) is 1.15. The molecule has 2 amide bonds. The van der Waals surface area contributed by atoms with Gasteiger partial charge >= 0.3 is 6.03 Å². The Labute approximate surface area is 69.6 Å². The monoisotopic (exact) mass is 179 g/mol. The first kappa shape index (κ1) is 10.2. The minimum atomic E-state index is -0.723. The first-order valence-electron chi connectivity index (χ1n) is 3.17. The fourth-order valence-corrected chi connectivity index (χ4v) is 0.620. The van der Waals surface area contributed by atoms with Crippen LogP contribution in [0.25, 0.3) is 0 Å². The Morgan fingerprint density at radius 3 is 2.64 bits per heavy atom. The zero-order valence-corrected chi connectivity index (χ0v) is 7.13. The van der Waals surface area contributed by atoms with Crippen LogP contribution in [-0.2, 0) is 0 Å². The number of amides is 2. The molecule has 1 N–H and O–H groups in total. The minimum absolute atomic E-state index is 0.439. The molecule has 0 aromatic heterocycles. The van der Waals surface area contributed by atoms with Crippen molar-refractivity contribution in [2.75, 3.05) is 6.54 Å². The van der Waals surface area contributed by atoms with Crippen LogP contribution in [-0.4, -0.2) is 23.1 Å². The molecule has 0 aromatic carbocycles. The predicted octanol–water partition coefficient (Wildman–Crippen LogP) is 1.28. The van der Waals surface area contributed by atoms with Crippen LogP contribution in [0, 0.1) is 4.91 Å². The number of hydrogen-bond acceptors (Lipinski definition) is 3. The standard InChI is InChI=1S/C5H10ClN3O2/c1-3-7-5(10)9(8-11)4(2)6/h4H,3H2,1-2H3,(H,7,10). The molecule has 11 heavy (non-hydrogen) atoms. The number of urea groups is 1. The van der Waals surface area contributed by atoms with E-state index in [1.54, 1.807) is 6.92 Å². The van der Waals surface area contributed by atoms with E-state index in [0.29, 0.717) is 11.6 Å². The lowest BCUT2D eigenvalue weighted by molar-refractivity contribution is 0.197. The van der Waals surface area contributed by atoms with Crippen LogP contribution in [0.4, 0.5) is 4.79 Å². The van der Waals surface area contributed by atoms with Crippen LogP contribution >= 0.6 is 11.6 Å². The summed E-state index contributed by atoms with van der Waals surface area (Å²) in [6.07, 6.45) is 0. The highest BCUT2D eigenvalue weighted by Crippen LogP contribution is 2.03. The number of nitrogens with one attached hydrogen (secondary N) is 1. The molecule has 0 saturated carbocycles. The first-order valence-corrected chi connectivity index (χ1v) is 3.61. The van der Waals surface area contributed by atoms with Crippen molar-refractivity contribution in [3.8, 4) is 0 Å². The molecule has 0 spiro atoms. The molecule has 0 aromatic rings. The third-order valence-electron chi connectivity index (χ3n) is 0.961. The second-order valence-electron chi connectivity index (χ2n) is 1.84. The molecule has 0 fully saturated rings. The Hall–Kier alpha value is -0.840. The van der Waals surface area contributed by atoms with Gasteiger partial charge in [-0.15, -0.1) is 4.91 Å². The average Bonchev–Trinajstić information content (AvgIpc) is 1.88. The van der Waals surface area contributed by atoms with Crippen molar-refractivity contribution in [3.05, 3.63) is 4.91 Å². The minimum Gasteiger partial charge on any atom is -0.337 e. The quantitative estimate of drug-likeness (QED) is 0.307. The molecule has 0 aliphatic rings. The van der Waals surface area contributed by atoms with Gasteiger partial charge in [-0.3, -0.25) is 0 Å². The third kappa shape index (κ3) is 3.18. The Morgan fingerprint density at radius 1 is 1.82 bits per heavy atom. The van der Waals surface area contributed by atoms with Crippen molar-refractivity contribution in [1.82, 2.24) is 10.3 Å². The van der Waals surface area contributed by atoms with Crippen molar-refractivity contribution in [3.63, 3.8) is 0 Å². The van der Waals surface area contributed by atoms with E-state index in [-0.39, 0.29) is 0 Å². The summed E-state index contributed by atoms with van der Waals surface area (Å²) in [4.78, 5) is 20.8. The molecular weight excluding hydrogens is 170 g/mol. The second-order valence-corrected chi connectivity index (χ2v) is 2.47. The second kappa shape index (κ2) is 4.90. The SMILES string of the molecule is CCNC(=O)N(N=O)C(C)Cl. The summed E-state index contributed by atoms with van der Waals surface area (Å²) < 4.78 is 0. The maximum Gasteiger partial charge on any atom is 0.341 e. The predicted molar refractivity (Wildman–Crippen MR) is 42.0 cm³/mol. The van der Waals surface area contributed by atoms with Crippen molar-refractivity contribution < 1.29 is 4.79 Å². The van der Waals surface area contributed by atoms with E-state index >= 15 is 0 Å². The molecule has 0 aliphatic heterocycles. The molecule has 0 aliphatic carbocycles. The number of nitrogens with zero attached hydrogens (tertiary/aromatic N) is 2. The Morgan fingerprint density at radius 2 is 2.36 bits per heavy atom. The molecule has 0 heterocycles. The van der Waals surface area contributed by atoms with Gasteiger partial charge in [0.05, 0.1) is 5.29 Å². The fourth-order valence-electron chi connectivity index (χ4n) is 0.496. The van der Waals surface area contributed by atoms with E-state index in [4.69, 9.17) is 11.6 Å². The van der Waals surface area contributed by atoms with Gasteiger partial charge in [0, 0.05) is 6.54 Å². The van der Waals surface area contributed by atoms with Gasteiger partial charge in [-0.25, -0.2) is 4.79 Å². The Kier molecular flexibility index (Phi) is 4.52. The van der Waals surface area contributed by atoms with E-state index in [1.807, 2.05) is 0 Å². The number of carbonyl (C=O) groups is 1. The van der Waals surface area contributed by atoms with E-state index in [2.05, 4.69) is 10.6 Å². The zero-order chi connectivity index (χ0) is 8.85. The molecule has 0 bridgehead atoms. The van der Waals surface area contributed by atoms with Crippen molar-refractivity contribution in [2.45, 2.75) is 19.3 Å². The molecule has 0 saturated heterocycles. The summed E-state index contributed by atoms with van der Waals surface area (Å²) in [5, 5.41) is 5.46. The lowest BCUT2D eigenvalue weighted by Crippen LogP contribution is -2.39. The summed E-state index contributed by atoms with van der Waals surface area (Å²) >= 11 is 5.45. The van der Waals surface area contributed by atoms with Gasteiger partial charge in [-0.2, -0.15) is 5.01 Å². The highest BCUT2D eigenvalue weighted by atomic mass is 35.5. The average molecular weight is 180 g/mol. The smallest absolute Gasteiger partial charge is 0.337 e. The number of hydrogen-bond donors (Lipinski definition) is 1. The van der Waals surface area contributed by atoms with Crippen LogP contribution in [0.5, 0.6) is 0 Å². The van der Waals surface area contributed by atoms with Crippen LogP contribution in [0.3, 0.4) is 0 Å². The number of carbonyl (C=O) groups excluding carboxylic acids is 1. The highest BCUT2D eigenvalue weighted by molar-refractivity contribution is 6.20. The highest BCUT2D eigenvalue weighted by Gasteiger charge is 2.17. The molecule has 6 heteroatoms. The van der Waals surface area contributed by atoms with E-state index in [0.717, 1.165) is 0 Å². The van der Waals surface area contributed by atoms with Gasteiger partial charge in [0.25, 0.3) is 0 Å². The van der Waals surface area contributed by atoms with Gasteiger partial charge in [-0.1, -0.05) is 11.6 Å². The number of rotatable bonds is 3. The van der Waals surface area contributed by atoms with Crippen LogP contribution in [0.15, 0.2) is 5.29 Å². The van der Waals surface area contributed by atoms with Crippen LogP contribution in [0.1, 0.15) is 13.8 Å². The van der Waals surface area contributed by atoms with Gasteiger partial charge < -0.3 is 5.32 Å². The van der Waals surface area contributed by atoms with E-state index in [9.17, 15) is 9.70 Å². The van der Waals surface area contributed by atoms with Crippen molar-refractivity contribution >= 4 is 17.6 Å². The lowest BCUT2D eigenvalue weighted by Gasteiger charge is -2.14.